The molecule has 1 unspecified atom stereocenters. The monoisotopic (exact) mass is 249 g/mol. The molecule has 1 heterocycles. The van der Waals surface area contributed by atoms with Crippen LogP contribution in [0.1, 0.15) is 57.7 Å². The summed E-state index contributed by atoms with van der Waals surface area (Å²) in [4.78, 5) is 0. The predicted octanol–water partition coefficient (Wildman–Crippen LogP) is 3.29. The van der Waals surface area contributed by atoms with Crippen LogP contribution in [0.4, 0.5) is 0 Å². The molecule has 3 nitrogen and oxygen atoms in total. The van der Waals surface area contributed by atoms with Crippen molar-refractivity contribution in [1.82, 2.24) is 15.1 Å². The van der Waals surface area contributed by atoms with Crippen LogP contribution in [-0.4, -0.2) is 16.3 Å². The van der Waals surface area contributed by atoms with Crippen LogP contribution in [0.3, 0.4) is 0 Å². The Labute approximate surface area is 111 Å². The fourth-order valence-electron chi connectivity index (χ4n) is 3.04. The van der Waals surface area contributed by atoms with Crippen LogP contribution in [0.25, 0.3) is 0 Å². The Bertz CT molecular complexity index is 350. The van der Waals surface area contributed by atoms with Gasteiger partial charge >= 0.3 is 0 Å². The van der Waals surface area contributed by atoms with E-state index < -0.39 is 0 Å². The summed E-state index contributed by atoms with van der Waals surface area (Å²) in [7, 11) is 2.01. The zero-order chi connectivity index (χ0) is 13.0. The Morgan fingerprint density at radius 1 is 1.39 bits per heavy atom. The van der Waals surface area contributed by atoms with Gasteiger partial charge in [-0.1, -0.05) is 32.6 Å². The summed E-state index contributed by atoms with van der Waals surface area (Å²) in [6.45, 7) is 5.74. The highest BCUT2D eigenvalue weighted by Gasteiger charge is 2.18. The van der Waals surface area contributed by atoms with Crippen molar-refractivity contribution in [2.45, 2.75) is 52.0 Å². The summed E-state index contributed by atoms with van der Waals surface area (Å²) in [5.41, 5.74) is 1.27. The molecule has 102 valence electrons. The summed E-state index contributed by atoms with van der Waals surface area (Å²) in [5, 5.41) is 7.84. The van der Waals surface area contributed by atoms with Crippen LogP contribution in [0.5, 0.6) is 0 Å². The largest absolute Gasteiger partial charge is 0.309 e. The van der Waals surface area contributed by atoms with Crippen molar-refractivity contribution in [3.63, 3.8) is 0 Å². The van der Waals surface area contributed by atoms with Crippen molar-refractivity contribution in [3.8, 4) is 0 Å². The molecule has 0 aliphatic heterocycles. The van der Waals surface area contributed by atoms with E-state index in [2.05, 4.69) is 30.3 Å². The summed E-state index contributed by atoms with van der Waals surface area (Å²) in [5.74, 6) is 1.91. The summed E-state index contributed by atoms with van der Waals surface area (Å²) in [6, 6.07) is 2.50. The maximum atomic E-state index is 4.22. The molecule has 2 rings (SSSR count). The van der Waals surface area contributed by atoms with E-state index in [0.717, 1.165) is 18.4 Å². The highest BCUT2D eigenvalue weighted by molar-refractivity contribution is 5.05. The van der Waals surface area contributed by atoms with E-state index in [1.165, 1.54) is 37.8 Å². The summed E-state index contributed by atoms with van der Waals surface area (Å²) < 4.78 is 1.96. The van der Waals surface area contributed by atoms with Crippen molar-refractivity contribution >= 4 is 0 Å². The smallest absolute Gasteiger partial charge is 0.0547 e. The van der Waals surface area contributed by atoms with Crippen LogP contribution in [0.2, 0.25) is 0 Å². The zero-order valence-electron chi connectivity index (χ0n) is 12.0. The Hall–Kier alpha value is -0.830. The van der Waals surface area contributed by atoms with Gasteiger partial charge in [0.25, 0.3) is 0 Å². The molecule has 0 saturated heterocycles. The molecule has 1 atom stereocenters. The lowest BCUT2D eigenvalue weighted by Crippen LogP contribution is -2.24. The van der Waals surface area contributed by atoms with Crippen LogP contribution >= 0.6 is 0 Å². The van der Waals surface area contributed by atoms with Crippen LogP contribution in [0, 0.1) is 11.8 Å². The van der Waals surface area contributed by atoms with Gasteiger partial charge in [0, 0.05) is 19.3 Å². The summed E-state index contributed by atoms with van der Waals surface area (Å²) >= 11 is 0. The number of aromatic nitrogens is 2. The van der Waals surface area contributed by atoms with E-state index >= 15 is 0 Å². The highest BCUT2D eigenvalue weighted by Crippen LogP contribution is 2.30. The first-order valence-electron chi connectivity index (χ1n) is 7.38. The third-order valence-electron chi connectivity index (χ3n) is 4.44. The van der Waals surface area contributed by atoms with Gasteiger partial charge in [0.1, 0.15) is 0 Å². The Kier molecular flexibility index (Phi) is 4.81. The van der Waals surface area contributed by atoms with Crippen molar-refractivity contribution < 1.29 is 0 Å². The molecule has 18 heavy (non-hydrogen) atoms. The predicted molar refractivity (Wildman–Crippen MR) is 75.4 cm³/mol. The second-order valence-corrected chi connectivity index (χ2v) is 5.97. The zero-order valence-corrected chi connectivity index (χ0v) is 12.0. The maximum Gasteiger partial charge on any atom is 0.0547 e. The lowest BCUT2D eigenvalue weighted by Gasteiger charge is -2.26. The van der Waals surface area contributed by atoms with Gasteiger partial charge in [0.15, 0.2) is 0 Å². The van der Waals surface area contributed by atoms with Crippen LogP contribution in [-0.2, 0) is 7.05 Å². The average molecular weight is 249 g/mol. The Morgan fingerprint density at radius 2 is 2.11 bits per heavy atom. The molecular weight excluding hydrogens is 222 g/mol. The molecule has 1 aliphatic carbocycles. The van der Waals surface area contributed by atoms with Gasteiger partial charge in [-0.3, -0.25) is 4.68 Å². The number of nitrogens with zero attached hydrogens (tertiary/aromatic N) is 2. The number of rotatable bonds is 5. The topological polar surface area (TPSA) is 29.9 Å². The normalized spacial score (nSPS) is 26.2. The van der Waals surface area contributed by atoms with Crippen molar-refractivity contribution in [2.75, 3.05) is 6.54 Å². The van der Waals surface area contributed by atoms with E-state index in [1.54, 1.807) is 0 Å². The van der Waals surface area contributed by atoms with Gasteiger partial charge in [-0.25, -0.2) is 0 Å². The number of aryl methyl sites for hydroxylation is 1. The molecule has 0 aromatic carbocycles. The molecule has 0 amide bonds. The van der Waals surface area contributed by atoms with Gasteiger partial charge in [-0.15, -0.1) is 0 Å². The van der Waals surface area contributed by atoms with Gasteiger partial charge in [-0.05, 0) is 37.8 Å². The molecule has 1 N–H and O–H groups in total. The molecule has 0 radical (unpaired) electrons. The molecule has 1 aromatic heterocycles. The SMILES string of the molecule is CC1CCC(CCNC(C)c2ccnn2C)CC1. The minimum absolute atomic E-state index is 0.403. The molecule has 3 heteroatoms. The van der Waals surface area contributed by atoms with Crippen LogP contribution < -0.4 is 5.32 Å². The van der Waals surface area contributed by atoms with E-state index in [-0.39, 0.29) is 0 Å². The van der Waals surface area contributed by atoms with E-state index in [1.807, 2.05) is 17.9 Å². The number of hydrogen-bond acceptors (Lipinski definition) is 2. The summed E-state index contributed by atoms with van der Waals surface area (Å²) in [6.07, 6.45) is 8.93. The minimum atomic E-state index is 0.403. The second kappa shape index (κ2) is 6.37. The lowest BCUT2D eigenvalue weighted by atomic mass is 9.81. The fourth-order valence-corrected chi connectivity index (χ4v) is 3.04. The minimum Gasteiger partial charge on any atom is -0.309 e. The van der Waals surface area contributed by atoms with Crippen molar-refractivity contribution in [1.29, 1.82) is 0 Å². The molecule has 1 saturated carbocycles. The third kappa shape index (κ3) is 3.58. The second-order valence-electron chi connectivity index (χ2n) is 5.97. The first kappa shape index (κ1) is 13.6. The highest BCUT2D eigenvalue weighted by atomic mass is 15.3. The van der Waals surface area contributed by atoms with Gasteiger partial charge < -0.3 is 5.32 Å². The lowest BCUT2D eigenvalue weighted by molar-refractivity contribution is 0.272. The molecule has 1 aromatic rings. The van der Waals surface area contributed by atoms with Crippen molar-refractivity contribution in [3.05, 3.63) is 18.0 Å². The average Bonchev–Trinajstić information content (AvgIpc) is 2.78. The third-order valence-corrected chi connectivity index (χ3v) is 4.44. The number of nitrogens with one attached hydrogen (secondary N) is 1. The maximum absolute atomic E-state index is 4.22. The standard InChI is InChI=1S/C15H27N3/c1-12-4-6-14(7-5-12)8-10-16-13(2)15-9-11-17-18(15)3/h9,11-14,16H,4-8,10H2,1-3H3. The van der Waals surface area contributed by atoms with E-state index in [9.17, 15) is 0 Å². The first-order valence-corrected chi connectivity index (χ1v) is 7.38. The van der Waals surface area contributed by atoms with E-state index in [0.29, 0.717) is 6.04 Å². The number of hydrogen-bond donors (Lipinski definition) is 1. The van der Waals surface area contributed by atoms with Gasteiger partial charge in [-0.2, -0.15) is 5.10 Å². The quantitative estimate of drug-likeness (QED) is 0.868. The Morgan fingerprint density at radius 3 is 2.72 bits per heavy atom. The van der Waals surface area contributed by atoms with Crippen LogP contribution in [0.15, 0.2) is 12.3 Å². The molecule has 0 spiro atoms. The first-order chi connectivity index (χ1) is 8.66. The molecule has 1 aliphatic rings. The fraction of sp³-hybridized carbons (Fsp3) is 0.800. The Balaban J connectivity index is 1.68. The van der Waals surface area contributed by atoms with Gasteiger partial charge in [0.2, 0.25) is 0 Å². The molecule has 0 bridgehead atoms. The van der Waals surface area contributed by atoms with E-state index in [4.69, 9.17) is 0 Å². The van der Waals surface area contributed by atoms with Crippen molar-refractivity contribution in [2.24, 2.45) is 18.9 Å². The molecule has 1 fully saturated rings. The molecular formula is C15H27N3. The van der Waals surface area contributed by atoms with Gasteiger partial charge in [0.05, 0.1) is 5.69 Å².